The number of nitrogens with zero attached hydrogens (tertiary/aromatic N) is 4. The van der Waals surface area contributed by atoms with Crippen molar-refractivity contribution in [3.8, 4) is 0 Å². The highest BCUT2D eigenvalue weighted by molar-refractivity contribution is 5.84. The van der Waals surface area contributed by atoms with Crippen LogP contribution in [0.15, 0.2) is 54.6 Å². The van der Waals surface area contributed by atoms with E-state index in [1.807, 2.05) is 29.2 Å². The summed E-state index contributed by atoms with van der Waals surface area (Å²) >= 11 is 0. The summed E-state index contributed by atoms with van der Waals surface area (Å²) < 4.78 is 2.27. The Bertz CT molecular complexity index is 942. The largest absolute Gasteiger partial charge is 0.339 e. The Balaban J connectivity index is 1.48. The van der Waals surface area contributed by atoms with Crippen LogP contribution in [0.3, 0.4) is 0 Å². The lowest BCUT2D eigenvalue weighted by Crippen LogP contribution is -2.50. The number of carbonyl (C=O) groups is 1. The zero-order chi connectivity index (χ0) is 19.5. The molecular formula is C23H28N4O. The predicted molar refractivity (Wildman–Crippen MR) is 114 cm³/mol. The SMILES string of the molecule is CC[C@H](C(=O)N1CCN(c2nc3ccccc3n2CC)CC1)c1ccccc1. The first-order chi connectivity index (χ1) is 13.7. The summed E-state index contributed by atoms with van der Waals surface area (Å²) in [6, 6.07) is 18.4. The number of anilines is 1. The summed E-state index contributed by atoms with van der Waals surface area (Å²) in [5, 5.41) is 0. The second-order valence-electron chi connectivity index (χ2n) is 7.33. The van der Waals surface area contributed by atoms with Crippen molar-refractivity contribution in [1.82, 2.24) is 14.5 Å². The molecule has 2 aromatic carbocycles. The lowest BCUT2D eigenvalue weighted by molar-refractivity contribution is -0.133. The highest BCUT2D eigenvalue weighted by atomic mass is 16.2. The van der Waals surface area contributed by atoms with Crippen LogP contribution in [0.5, 0.6) is 0 Å². The van der Waals surface area contributed by atoms with Crippen LogP contribution >= 0.6 is 0 Å². The maximum atomic E-state index is 13.1. The fourth-order valence-electron chi connectivity index (χ4n) is 4.20. The molecule has 0 radical (unpaired) electrons. The third-order valence-electron chi connectivity index (χ3n) is 5.73. The van der Waals surface area contributed by atoms with Gasteiger partial charge < -0.3 is 14.4 Å². The number of benzene rings is 2. The first kappa shape index (κ1) is 18.5. The van der Waals surface area contributed by atoms with Crippen LogP contribution in [0.2, 0.25) is 0 Å². The maximum Gasteiger partial charge on any atom is 0.230 e. The standard InChI is InChI=1S/C23H28N4O/c1-3-19(18-10-6-5-7-11-18)22(28)25-14-16-26(17-15-25)23-24-20-12-8-9-13-21(20)27(23)4-2/h5-13,19H,3-4,14-17H2,1-2H3/t19-/m0/s1. The molecule has 1 aliphatic rings. The number of carbonyl (C=O) groups excluding carboxylic acids is 1. The minimum Gasteiger partial charge on any atom is -0.339 e. The van der Waals surface area contributed by atoms with Crippen molar-refractivity contribution in [2.45, 2.75) is 32.7 Å². The van der Waals surface area contributed by atoms with Gasteiger partial charge in [0, 0.05) is 32.7 Å². The molecule has 0 bridgehead atoms. The van der Waals surface area contributed by atoms with Crippen molar-refractivity contribution >= 4 is 22.9 Å². The van der Waals surface area contributed by atoms with Crippen molar-refractivity contribution in [3.63, 3.8) is 0 Å². The van der Waals surface area contributed by atoms with E-state index in [1.165, 1.54) is 5.52 Å². The lowest BCUT2D eigenvalue weighted by Gasteiger charge is -2.37. The van der Waals surface area contributed by atoms with Gasteiger partial charge in [-0.25, -0.2) is 4.98 Å². The molecule has 4 rings (SSSR count). The zero-order valence-corrected chi connectivity index (χ0v) is 16.7. The van der Waals surface area contributed by atoms with E-state index in [1.54, 1.807) is 0 Å². The maximum absolute atomic E-state index is 13.1. The number of hydrogen-bond acceptors (Lipinski definition) is 3. The van der Waals surface area contributed by atoms with Crippen LogP contribution in [0.1, 0.15) is 31.7 Å². The first-order valence-electron chi connectivity index (χ1n) is 10.3. The van der Waals surface area contributed by atoms with Crippen molar-refractivity contribution in [2.24, 2.45) is 0 Å². The van der Waals surface area contributed by atoms with E-state index >= 15 is 0 Å². The van der Waals surface area contributed by atoms with Crippen molar-refractivity contribution in [2.75, 3.05) is 31.1 Å². The minimum absolute atomic E-state index is 0.0482. The third kappa shape index (κ3) is 3.37. The highest BCUT2D eigenvalue weighted by Crippen LogP contribution is 2.26. The van der Waals surface area contributed by atoms with Gasteiger partial charge in [-0.1, -0.05) is 49.4 Å². The molecule has 1 atom stereocenters. The van der Waals surface area contributed by atoms with E-state index in [0.29, 0.717) is 0 Å². The number of aryl methyl sites for hydroxylation is 1. The normalized spacial score (nSPS) is 15.8. The van der Waals surface area contributed by atoms with Gasteiger partial charge in [-0.2, -0.15) is 0 Å². The molecule has 1 amide bonds. The number of rotatable bonds is 5. The van der Waals surface area contributed by atoms with Crippen molar-refractivity contribution in [3.05, 3.63) is 60.2 Å². The molecule has 0 unspecified atom stereocenters. The van der Waals surface area contributed by atoms with Gasteiger partial charge in [0.15, 0.2) is 0 Å². The predicted octanol–water partition coefficient (Wildman–Crippen LogP) is 3.90. The summed E-state index contributed by atoms with van der Waals surface area (Å²) in [6.07, 6.45) is 0.828. The average molecular weight is 377 g/mol. The quantitative estimate of drug-likeness (QED) is 0.678. The zero-order valence-electron chi connectivity index (χ0n) is 16.7. The summed E-state index contributed by atoms with van der Waals surface area (Å²) in [7, 11) is 0. The monoisotopic (exact) mass is 376 g/mol. The summed E-state index contributed by atoms with van der Waals surface area (Å²) in [5.41, 5.74) is 3.33. The van der Waals surface area contributed by atoms with E-state index < -0.39 is 0 Å². The number of para-hydroxylation sites is 2. The second-order valence-corrected chi connectivity index (χ2v) is 7.33. The topological polar surface area (TPSA) is 41.4 Å². The molecule has 2 heterocycles. The Labute approximate surface area is 166 Å². The van der Waals surface area contributed by atoms with E-state index in [9.17, 15) is 4.79 Å². The van der Waals surface area contributed by atoms with Gasteiger partial charge in [0.25, 0.3) is 0 Å². The van der Waals surface area contributed by atoms with Gasteiger partial charge in [0.05, 0.1) is 17.0 Å². The molecule has 0 spiro atoms. The Morgan fingerprint density at radius 2 is 1.64 bits per heavy atom. The molecule has 1 saturated heterocycles. The van der Waals surface area contributed by atoms with Crippen molar-refractivity contribution < 1.29 is 4.79 Å². The van der Waals surface area contributed by atoms with Crippen molar-refractivity contribution in [1.29, 1.82) is 0 Å². The van der Waals surface area contributed by atoms with E-state index in [2.05, 4.69) is 53.6 Å². The van der Waals surface area contributed by atoms with Crippen LogP contribution in [0.25, 0.3) is 11.0 Å². The van der Waals surface area contributed by atoms with Crippen LogP contribution in [-0.4, -0.2) is 46.5 Å². The van der Waals surface area contributed by atoms with Gasteiger partial charge in [-0.3, -0.25) is 4.79 Å². The van der Waals surface area contributed by atoms with Gasteiger partial charge in [-0.05, 0) is 31.0 Å². The van der Waals surface area contributed by atoms with E-state index in [4.69, 9.17) is 4.98 Å². The third-order valence-corrected chi connectivity index (χ3v) is 5.73. The smallest absolute Gasteiger partial charge is 0.230 e. The lowest BCUT2D eigenvalue weighted by atomic mass is 9.95. The molecule has 5 nitrogen and oxygen atoms in total. The molecule has 0 aliphatic carbocycles. The van der Waals surface area contributed by atoms with Crippen LogP contribution in [-0.2, 0) is 11.3 Å². The van der Waals surface area contributed by atoms with Gasteiger partial charge in [0.1, 0.15) is 0 Å². The number of hydrogen-bond donors (Lipinski definition) is 0. The van der Waals surface area contributed by atoms with E-state index in [0.717, 1.165) is 56.2 Å². The van der Waals surface area contributed by atoms with E-state index in [-0.39, 0.29) is 11.8 Å². The molecule has 146 valence electrons. The fourth-order valence-corrected chi connectivity index (χ4v) is 4.20. The Morgan fingerprint density at radius 3 is 2.32 bits per heavy atom. The van der Waals surface area contributed by atoms with Gasteiger partial charge in [-0.15, -0.1) is 0 Å². The van der Waals surface area contributed by atoms with Crippen LogP contribution < -0.4 is 4.90 Å². The Kier molecular flexibility index (Phi) is 5.33. The van der Waals surface area contributed by atoms with Gasteiger partial charge >= 0.3 is 0 Å². The molecule has 5 heteroatoms. The Hall–Kier alpha value is -2.82. The number of imidazole rings is 1. The molecule has 0 N–H and O–H groups in total. The van der Waals surface area contributed by atoms with Gasteiger partial charge in [0.2, 0.25) is 11.9 Å². The fraction of sp³-hybridized carbons (Fsp3) is 0.391. The number of aromatic nitrogens is 2. The number of amides is 1. The second kappa shape index (κ2) is 8.05. The molecule has 0 saturated carbocycles. The summed E-state index contributed by atoms with van der Waals surface area (Å²) in [6.45, 7) is 8.27. The average Bonchev–Trinajstić information content (AvgIpc) is 3.14. The highest BCUT2D eigenvalue weighted by Gasteiger charge is 2.29. The molecule has 3 aromatic rings. The van der Waals surface area contributed by atoms with Crippen LogP contribution in [0.4, 0.5) is 5.95 Å². The summed E-state index contributed by atoms with van der Waals surface area (Å²) in [4.78, 5) is 22.3. The first-order valence-corrected chi connectivity index (χ1v) is 10.3. The molecule has 1 aromatic heterocycles. The minimum atomic E-state index is -0.0482. The van der Waals surface area contributed by atoms with Crippen LogP contribution in [0, 0.1) is 0 Å². The number of fused-ring (bicyclic) bond motifs is 1. The molecule has 1 aliphatic heterocycles. The molecular weight excluding hydrogens is 348 g/mol. The summed E-state index contributed by atoms with van der Waals surface area (Å²) in [5.74, 6) is 1.22. The number of piperazine rings is 1. The Morgan fingerprint density at radius 1 is 0.964 bits per heavy atom. The molecule has 28 heavy (non-hydrogen) atoms. The molecule has 1 fully saturated rings.